The highest BCUT2D eigenvalue weighted by Crippen LogP contribution is 2.29. The number of nitrogens with zero attached hydrogens (tertiary/aromatic N) is 1. The van der Waals surface area contributed by atoms with Crippen molar-refractivity contribution < 1.29 is 23.1 Å². The van der Waals surface area contributed by atoms with E-state index < -0.39 is 28.1 Å². The lowest BCUT2D eigenvalue weighted by Crippen LogP contribution is -2.43. The van der Waals surface area contributed by atoms with Gasteiger partial charge in [0.05, 0.1) is 11.0 Å². The second-order valence-electron chi connectivity index (χ2n) is 7.74. The number of aliphatic hydroxyl groups is 1. The fourth-order valence-corrected chi connectivity index (χ4v) is 5.49. The second kappa shape index (κ2) is 8.70. The minimum Gasteiger partial charge on any atom is -0.392 e. The molecule has 0 radical (unpaired) electrons. The number of aliphatic hydroxyl groups excluding tert-OH is 1. The zero-order valence-corrected chi connectivity index (χ0v) is 18.2. The summed E-state index contributed by atoms with van der Waals surface area (Å²) in [5, 5.41) is 17.2. The molecule has 3 aromatic carbocycles. The summed E-state index contributed by atoms with van der Waals surface area (Å²) in [5.74, 6) is -0.741. The van der Waals surface area contributed by atoms with Crippen molar-refractivity contribution in [2.24, 2.45) is 0 Å². The van der Waals surface area contributed by atoms with Crippen molar-refractivity contribution in [1.29, 1.82) is 0 Å². The SMILES string of the molecule is CC(=O)Nc1ccc(NC(=O)[C@@H]2C[C@@H](O)CN2S(=O)(=O)c2ccc3ccccc3c2)cc1. The third-order valence-electron chi connectivity index (χ3n) is 5.34. The van der Waals surface area contributed by atoms with E-state index in [0.29, 0.717) is 11.4 Å². The molecule has 1 saturated heterocycles. The number of nitrogens with one attached hydrogen (secondary N) is 2. The van der Waals surface area contributed by atoms with Gasteiger partial charge >= 0.3 is 0 Å². The Morgan fingerprint density at radius 1 is 0.938 bits per heavy atom. The van der Waals surface area contributed by atoms with Gasteiger partial charge in [-0.2, -0.15) is 4.31 Å². The molecule has 0 saturated carbocycles. The molecule has 1 fully saturated rings. The number of hydrogen-bond donors (Lipinski definition) is 3. The Bertz CT molecular complexity index is 1270. The van der Waals surface area contributed by atoms with Crippen LogP contribution in [-0.4, -0.2) is 48.3 Å². The van der Waals surface area contributed by atoms with Gasteiger partial charge in [-0.3, -0.25) is 9.59 Å². The molecule has 0 unspecified atom stereocenters. The van der Waals surface area contributed by atoms with E-state index >= 15 is 0 Å². The molecule has 8 nitrogen and oxygen atoms in total. The van der Waals surface area contributed by atoms with Crippen LogP contribution in [-0.2, 0) is 19.6 Å². The van der Waals surface area contributed by atoms with Gasteiger partial charge < -0.3 is 15.7 Å². The summed E-state index contributed by atoms with van der Waals surface area (Å²) < 4.78 is 27.7. The summed E-state index contributed by atoms with van der Waals surface area (Å²) in [7, 11) is -4.00. The first kappa shape index (κ1) is 21.9. The fourth-order valence-electron chi connectivity index (χ4n) is 3.82. The Kier molecular flexibility index (Phi) is 5.96. The molecule has 2 amide bonds. The zero-order chi connectivity index (χ0) is 22.9. The molecular weight excluding hydrogens is 430 g/mol. The monoisotopic (exact) mass is 453 g/mol. The molecule has 32 heavy (non-hydrogen) atoms. The van der Waals surface area contributed by atoms with Gasteiger partial charge in [0.1, 0.15) is 6.04 Å². The van der Waals surface area contributed by atoms with Crippen LogP contribution in [0.4, 0.5) is 11.4 Å². The maximum absolute atomic E-state index is 13.3. The van der Waals surface area contributed by atoms with Crippen LogP contribution in [0.1, 0.15) is 13.3 Å². The molecule has 3 aromatic rings. The van der Waals surface area contributed by atoms with Crippen molar-refractivity contribution in [1.82, 2.24) is 4.31 Å². The molecule has 1 aliphatic rings. The van der Waals surface area contributed by atoms with E-state index in [1.807, 2.05) is 24.3 Å². The number of rotatable bonds is 5. The first-order chi connectivity index (χ1) is 15.2. The summed E-state index contributed by atoms with van der Waals surface area (Å²) >= 11 is 0. The van der Waals surface area contributed by atoms with Gasteiger partial charge in [-0.25, -0.2) is 8.42 Å². The summed E-state index contributed by atoms with van der Waals surface area (Å²) in [6, 6.07) is 17.6. The molecule has 3 N–H and O–H groups in total. The molecule has 0 spiro atoms. The number of hydrogen-bond acceptors (Lipinski definition) is 5. The van der Waals surface area contributed by atoms with Crippen LogP contribution in [0.25, 0.3) is 10.8 Å². The van der Waals surface area contributed by atoms with E-state index in [1.165, 1.54) is 13.0 Å². The number of fused-ring (bicyclic) bond motifs is 1. The smallest absolute Gasteiger partial charge is 0.243 e. The lowest BCUT2D eigenvalue weighted by molar-refractivity contribution is -0.119. The average Bonchev–Trinajstić information content (AvgIpc) is 3.17. The molecule has 2 atom stereocenters. The van der Waals surface area contributed by atoms with Crippen LogP contribution >= 0.6 is 0 Å². The molecule has 166 valence electrons. The number of benzene rings is 3. The van der Waals surface area contributed by atoms with Gasteiger partial charge in [0.2, 0.25) is 21.8 Å². The molecular formula is C23H23N3O5S. The number of carbonyl (C=O) groups is 2. The Morgan fingerprint density at radius 3 is 2.22 bits per heavy atom. The summed E-state index contributed by atoms with van der Waals surface area (Å²) in [4.78, 5) is 24.1. The van der Waals surface area contributed by atoms with E-state index in [2.05, 4.69) is 10.6 Å². The normalized spacial score (nSPS) is 19.1. The van der Waals surface area contributed by atoms with Crippen LogP contribution in [0.3, 0.4) is 0 Å². The van der Waals surface area contributed by atoms with E-state index in [0.717, 1.165) is 15.1 Å². The Balaban J connectivity index is 1.56. The Labute approximate surface area is 185 Å². The molecule has 9 heteroatoms. The molecule has 0 bridgehead atoms. The van der Waals surface area contributed by atoms with Crippen molar-refractivity contribution in [2.75, 3.05) is 17.2 Å². The van der Waals surface area contributed by atoms with Gasteiger partial charge in [-0.05, 0) is 47.2 Å². The Morgan fingerprint density at radius 2 is 1.56 bits per heavy atom. The third-order valence-corrected chi connectivity index (χ3v) is 7.21. The summed E-state index contributed by atoms with van der Waals surface area (Å²) in [6.45, 7) is 1.24. The number of anilines is 2. The van der Waals surface area contributed by atoms with Gasteiger partial charge in [0, 0.05) is 31.3 Å². The topological polar surface area (TPSA) is 116 Å². The van der Waals surface area contributed by atoms with Crippen LogP contribution in [0.5, 0.6) is 0 Å². The van der Waals surface area contributed by atoms with Gasteiger partial charge in [0.15, 0.2) is 0 Å². The largest absolute Gasteiger partial charge is 0.392 e. The average molecular weight is 454 g/mol. The van der Waals surface area contributed by atoms with Crippen molar-refractivity contribution in [3.63, 3.8) is 0 Å². The predicted octanol–water partition coefficient (Wildman–Crippen LogP) is 2.56. The van der Waals surface area contributed by atoms with Crippen molar-refractivity contribution >= 4 is 44.0 Å². The quantitative estimate of drug-likeness (QED) is 0.549. The first-order valence-corrected chi connectivity index (χ1v) is 11.6. The van der Waals surface area contributed by atoms with E-state index in [4.69, 9.17) is 0 Å². The predicted molar refractivity (Wildman–Crippen MR) is 122 cm³/mol. The summed E-state index contributed by atoms with van der Waals surface area (Å²) in [6.07, 6.45) is -0.939. The number of sulfonamides is 1. The lowest BCUT2D eigenvalue weighted by atomic mass is 10.1. The molecule has 1 aliphatic heterocycles. The maximum atomic E-state index is 13.3. The van der Waals surface area contributed by atoms with Gasteiger partial charge in [0.25, 0.3) is 0 Å². The molecule has 0 aromatic heterocycles. The summed E-state index contributed by atoms with van der Waals surface area (Å²) in [5.41, 5.74) is 1.03. The minimum atomic E-state index is -4.00. The highest BCUT2D eigenvalue weighted by molar-refractivity contribution is 7.89. The molecule has 4 rings (SSSR count). The van der Waals surface area contributed by atoms with Crippen molar-refractivity contribution in [2.45, 2.75) is 30.4 Å². The van der Waals surface area contributed by atoms with Crippen LogP contribution in [0.2, 0.25) is 0 Å². The molecule has 0 aliphatic carbocycles. The van der Waals surface area contributed by atoms with E-state index in [1.54, 1.807) is 36.4 Å². The zero-order valence-electron chi connectivity index (χ0n) is 17.4. The van der Waals surface area contributed by atoms with Crippen molar-refractivity contribution in [3.8, 4) is 0 Å². The fraction of sp³-hybridized carbons (Fsp3) is 0.217. The van der Waals surface area contributed by atoms with E-state index in [9.17, 15) is 23.1 Å². The van der Waals surface area contributed by atoms with E-state index in [-0.39, 0.29) is 23.8 Å². The number of carbonyl (C=O) groups excluding carboxylic acids is 2. The number of amides is 2. The van der Waals surface area contributed by atoms with Crippen molar-refractivity contribution in [3.05, 3.63) is 66.7 Å². The number of β-amino-alcohol motifs (C(OH)–C–C–N with tert-alkyl or cyclic N) is 1. The standard InChI is InChI=1S/C23H23N3O5S/c1-15(27)24-18-7-9-19(10-8-18)25-23(29)22-13-20(28)14-26(22)32(30,31)21-11-6-16-4-2-3-5-17(16)12-21/h2-12,20,22,28H,13-14H2,1H3,(H,24,27)(H,25,29)/t20-,22+/m1/s1. The highest BCUT2D eigenvalue weighted by Gasteiger charge is 2.43. The van der Waals surface area contributed by atoms with Gasteiger partial charge in [-0.1, -0.05) is 30.3 Å². The van der Waals surface area contributed by atoms with Crippen LogP contribution in [0, 0.1) is 0 Å². The van der Waals surface area contributed by atoms with Crippen LogP contribution in [0.15, 0.2) is 71.6 Å². The molecule has 1 heterocycles. The Hall–Kier alpha value is -3.27. The minimum absolute atomic E-state index is 0.00260. The van der Waals surface area contributed by atoms with Gasteiger partial charge in [-0.15, -0.1) is 0 Å². The first-order valence-electron chi connectivity index (χ1n) is 10.1. The lowest BCUT2D eigenvalue weighted by Gasteiger charge is -2.23. The maximum Gasteiger partial charge on any atom is 0.243 e. The highest BCUT2D eigenvalue weighted by atomic mass is 32.2. The third kappa shape index (κ3) is 4.50. The second-order valence-corrected chi connectivity index (χ2v) is 9.63. The van der Waals surface area contributed by atoms with Crippen LogP contribution < -0.4 is 10.6 Å².